The fourth-order valence-electron chi connectivity index (χ4n) is 4.09. The predicted molar refractivity (Wildman–Crippen MR) is 111 cm³/mol. The minimum Gasteiger partial charge on any atom is -0.508 e. The second kappa shape index (κ2) is 9.00. The van der Waals surface area contributed by atoms with Gasteiger partial charge in [-0.3, -0.25) is 9.59 Å². The summed E-state index contributed by atoms with van der Waals surface area (Å²) in [7, 11) is 0. The molecule has 2 aliphatic rings. The summed E-state index contributed by atoms with van der Waals surface area (Å²) in [6.07, 6.45) is 5.75. The number of aromatic nitrogens is 1. The Labute approximate surface area is 176 Å². The van der Waals surface area contributed by atoms with Crippen LogP contribution in [0.2, 0.25) is 0 Å². The molecule has 1 aliphatic heterocycles. The molecule has 2 heterocycles. The first-order chi connectivity index (χ1) is 14.5. The number of phenolic OH excluding ortho intramolecular Hbond substituents is 1. The van der Waals surface area contributed by atoms with Gasteiger partial charge in [-0.2, -0.15) is 0 Å². The standard InChI is InChI=1S/C23H29N3O4/c24-19(13-16-1-6-18(27)7-2-16)23(29)26-11-9-15(10-12-26)3-8-21(28)20-14-22(30-25-20)17-4-5-17/h1-2,6-7,14-15,17,19,27H,3-5,8-13,24H2/t19-/m0/s1. The van der Waals surface area contributed by atoms with Gasteiger partial charge in [0.25, 0.3) is 0 Å². The van der Waals surface area contributed by atoms with Crippen LogP contribution in [0.25, 0.3) is 0 Å². The average Bonchev–Trinajstić information content (AvgIpc) is 3.50. The van der Waals surface area contributed by atoms with Crippen LogP contribution < -0.4 is 5.73 Å². The molecule has 160 valence electrons. The summed E-state index contributed by atoms with van der Waals surface area (Å²) in [6, 6.07) is 8.00. The van der Waals surface area contributed by atoms with Crippen molar-refractivity contribution in [3.05, 3.63) is 47.3 Å². The Hall–Kier alpha value is -2.67. The lowest BCUT2D eigenvalue weighted by atomic mass is 9.90. The Morgan fingerprint density at radius 3 is 2.53 bits per heavy atom. The quantitative estimate of drug-likeness (QED) is 0.646. The number of amides is 1. The fourth-order valence-corrected chi connectivity index (χ4v) is 4.09. The molecule has 0 radical (unpaired) electrons. The van der Waals surface area contributed by atoms with Crippen molar-refractivity contribution in [2.45, 2.75) is 56.9 Å². The normalized spacial score (nSPS) is 18.4. The van der Waals surface area contributed by atoms with Crippen LogP contribution in [0.15, 0.2) is 34.9 Å². The summed E-state index contributed by atoms with van der Waals surface area (Å²) >= 11 is 0. The maximum Gasteiger partial charge on any atom is 0.239 e. The smallest absolute Gasteiger partial charge is 0.239 e. The zero-order chi connectivity index (χ0) is 21.1. The van der Waals surface area contributed by atoms with Gasteiger partial charge in [-0.1, -0.05) is 17.3 Å². The molecular weight excluding hydrogens is 382 g/mol. The van der Waals surface area contributed by atoms with Gasteiger partial charge in [-0.05, 0) is 62.1 Å². The van der Waals surface area contributed by atoms with Crippen molar-refractivity contribution < 1.29 is 19.2 Å². The van der Waals surface area contributed by atoms with Crippen LogP contribution in [0.4, 0.5) is 0 Å². The molecule has 1 atom stereocenters. The van der Waals surface area contributed by atoms with Gasteiger partial charge in [0.05, 0.1) is 6.04 Å². The maximum absolute atomic E-state index is 12.7. The number of nitrogens with two attached hydrogens (primary N) is 1. The third-order valence-electron chi connectivity index (χ3n) is 6.21. The van der Waals surface area contributed by atoms with Crippen LogP contribution in [0.3, 0.4) is 0 Å². The summed E-state index contributed by atoms with van der Waals surface area (Å²) in [5, 5.41) is 13.3. The monoisotopic (exact) mass is 411 g/mol. The van der Waals surface area contributed by atoms with E-state index in [2.05, 4.69) is 5.16 Å². The summed E-state index contributed by atoms with van der Waals surface area (Å²) in [5.74, 6) is 1.94. The lowest BCUT2D eigenvalue weighted by molar-refractivity contribution is -0.134. The molecular formula is C23H29N3O4. The largest absolute Gasteiger partial charge is 0.508 e. The van der Waals surface area contributed by atoms with E-state index in [1.165, 1.54) is 0 Å². The third-order valence-corrected chi connectivity index (χ3v) is 6.21. The molecule has 1 aromatic carbocycles. The number of likely N-dealkylation sites (tertiary alicyclic amines) is 1. The average molecular weight is 412 g/mol. The Bertz CT molecular complexity index is 880. The summed E-state index contributed by atoms with van der Waals surface area (Å²) in [6.45, 7) is 1.35. The molecule has 7 nitrogen and oxygen atoms in total. The van der Waals surface area contributed by atoms with Gasteiger partial charge in [0.2, 0.25) is 5.91 Å². The fraction of sp³-hybridized carbons (Fsp3) is 0.522. The van der Waals surface area contributed by atoms with Crippen molar-refractivity contribution in [1.29, 1.82) is 0 Å². The number of rotatable bonds is 8. The molecule has 30 heavy (non-hydrogen) atoms. The van der Waals surface area contributed by atoms with Crippen molar-refractivity contribution >= 4 is 11.7 Å². The molecule has 0 unspecified atom stereocenters. The van der Waals surface area contributed by atoms with Gasteiger partial charge < -0.3 is 20.3 Å². The van der Waals surface area contributed by atoms with Crippen molar-refractivity contribution in [3.8, 4) is 5.75 Å². The molecule has 1 amide bonds. The number of hydrogen-bond acceptors (Lipinski definition) is 6. The van der Waals surface area contributed by atoms with Crippen molar-refractivity contribution in [2.75, 3.05) is 13.1 Å². The number of piperidine rings is 1. The van der Waals surface area contributed by atoms with Crippen molar-refractivity contribution in [1.82, 2.24) is 10.1 Å². The highest BCUT2D eigenvalue weighted by molar-refractivity contribution is 5.94. The highest BCUT2D eigenvalue weighted by Gasteiger charge is 2.30. The SMILES string of the molecule is N[C@@H](Cc1ccc(O)cc1)C(=O)N1CCC(CCC(=O)c2cc(C3CC3)on2)CC1. The maximum atomic E-state index is 12.7. The van der Waals surface area contributed by atoms with E-state index in [1.54, 1.807) is 30.3 Å². The van der Waals surface area contributed by atoms with Gasteiger partial charge in [-0.15, -0.1) is 0 Å². The molecule has 2 fully saturated rings. The van der Waals surface area contributed by atoms with Crippen LogP contribution in [-0.2, 0) is 11.2 Å². The van der Waals surface area contributed by atoms with Gasteiger partial charge in [0.1, 0.15) is 17.2 Å². The first kappa shape index (κ1) is 20.6. The van der Waals surface area contributed by atoms with Crippen LogP contribution in [-0.4, -0.2) is 46.0 Å². The van der Waals surface area contributed by atoms with Gasteiger partial charge >= 0.3 is 0 Å². The first-order valence-electron chi connectivity index (χ1n) is 10.8. The van der Waals surface area contributed by atoms with Gasteiger partial charge in [-0.25, -0.2) is 0 Å². The van der Waals surface area contributed by atoms with E-state index >= 15 is 0 Å². The van der Waals surface area contributed by atoms with E-state index in [0.29, 0.717) is 43.5 Å². The molecule has 1 aliphatic carbocycles. The number of hydrogen-bond donors (Lipinski definition) is 2. The van der Waals surface area contributed by atoms with Gasteiger partial charge in [0, 0.05) is 31.5 Å². The summed E-state index contributed by atoms with van der Waals surface area (Å²) < 4.78 is 5.27. The lowest BCUT2D eigenvalue weighted by Gasteiger charge is -2.33. The van der Waals surface area contributed by atoms with Crippen LogP contribution in [0.5, 0.6) is 5.75 Å². The van der Waals surface area contributed by atoms with Crippen molar-refractivity contribution in [3.63, 3.8) is 0 Å². The number of nitrogens with zero attached hydrogens (tertiary/aromatic N) is 2. The second-order valence-electron chi connectivity index (χ2n) is 8.60. The zero-order valence-electron chi connectivity index (χ0n) is 17.1. The zero-order valence-corrected chi connectivity index (χ0v) is 17.1. The van der Waals surface area contributed by atoms with Crippen molar-refractivity contribution in [2.24, 2.45) is 11.7 Å². The molecule has 1 saturated heterocycles. The van der Waals surface area contributed by atoms with Gasteiger partial charge in [0.15, 0.2) is 5.78 Å². The number of carbonyl (C=O) groups is 2. The van der Waals surface area contributed by atoms with Crippen LogP contribution >= 0.6 is 0 Å². The number of Topliss-reactive ketones (excluding diaryl/α,β-unsaturated/α-hetero) is 1. The molecule has 1 aromatic heterocycles. The van der Waals surface area contributed by atoms with E-state index in [1.807, 2.05) is 4.90 Å². The molecule has 0 bridgehead atoms. The second-order valence-corrected chi connectivity index (χ2v) is 8.60. The number of phenols is 1. The number of carbonyl (C=O) groups excluding carboxylic acids is 2. The van der Waals surface area contributed by atoms with E-state index in [-0.39, 0.29) is 17.4 Å². The third kappa shape index (κ3) is 5.08. The molecule has 3 N–H and O–H groups in total. The molecule has 4 rings (SSSR count). The number of aromatic hydroxyl groups is 1. The predicted octanol–water partition coefficient (Wildman–Crippen LogP) is 3.03. The number of ketones is 1. The molecule has 0 spiro atoms. The topological polar surface area (TPSA) is 110 Å². The highest BCUT2D eigenvalue weighted by atomic mass is 16.5. The van der Waals surface area contributed by atoms with Crippen LogP contribution in [0.1, 0.15) is 66.3 Å². The van der Waals surface area contributed by atoms with E-state index in [9.17, 15) is 14.7 Å². The summed E-state index contributed by atoms with van der Waals surface area (Å²) in [5.41, 5.74) is 7.51. The minimum absolute atomic E-state index is 0.0344. The van der Waals surface area contributed by atoms with E-state index in [0.717, 1.165) is 43.4 Å². The molecule has 1 saturated carbocycles. The summed E-state index contributed by atoms with van der Waals surface area (Å²) in [4.78, 5) is 26.9. The Kier molecular flexibility index (Phi) is 6.18. The Balaban J connectivity index is 1.19. The first-order valence-corrected chi connectivity index (χ1v) is 10.8. The van der Waals surface area contributed by atoms with Crippen LogP contribution in [0, 0.1) is 5.92 Å². The molecule has 7 heteroatoms. The Morgan fingerprint density at radius 2 is 1.87 bits per heavy atom. The number of benzene rings is 1. The lowest BCUT2D eigenvalue weighted by Crippen LogP contribution is -2.48. The molecule has 2 aromatic rings. The van der Waals surface area contributed by atoms with E-state index in [4.69, 9.17) is 10.3 Å². The highest BCUT2D eigenvalue weighted by Crippen LogP contribution is 2.40. The minimum atomic E-state index is -0.583. The van der Waals surface area contributed by atoms with E-state index < -0.39 is 6.04 Å². The Morgan fingerprint density at radius 1 is 1.17 bits per heavy atom.